The zero-order chi connectivity index (χ0) is 12.7. The number of anilines is 1. The van der Waals surface area contributed by atoms with Crippen LogP contribution >= 0.6 is 15.9 Å². The molecule has 1 aromatic rings. The Kier molecular flexibility index (Phi) is 6.56. The maximum atomic E-state index is 13.6. The quantitative estimate of drug-likeness (QED) is 0.728. The monoisotopic (exact) mass is 301 g/mol. The van der Waals surface area contributed by atoms with E-state index in [1.54, 1.807) is 6.07 Å². The van der Waals surface area contributed by atoms with Crippen LogP contribution in [0.4, 0.5) is 10.1 Å². The lowest BCUT2D eigenvalue weighted by atomic mass is 9.99. The second kappa shape index (κ2) is 7.70. The van der Waals surface area contributed by atoms with Gasteiger partial charge in [-0.25, -0.2) is 4.39 Å². The molecule has 0 fully saturated rings. The molecular weight excluding hydrogens is 281 g/mol. The largest absolute Gasteiger partial charge is 0.382 e. The molecule has 0 saturated heterocycles. The number of benzene rings is 1. The van der Waals surface area contributed by atoms with Gasteiger partial charge in [-0.1, -0.05) is 49.0 Å². The fraction of sp³-hybridized carbons (Fsp3) is 0.571. The van der Waals surface area contributed by atoms with E-state index >= 15 is 0 Å². The third-order valence-electron chi connectivity index (χ3n) is 3.06. The Balaban J connectivity index is 2.47. The van der Waals surface area contributed by atoms with Gasteiger partial charge < -0.3 is 5.32 Å². The smallest absolute Gasteiger partial charge is 0.147 e. The molecule has 0 aromatic heterocycles. The van der Waals surface area contributed by atoms with Gasteiger partial charge in [0.25, 0.3) is 0 Å². The van der Waals surface area contributed by atoms with Crippen molar-refractivity contribution in [3.05, 3.63) is 28.5 Å². The number of rotatable bonds is 7. The second-order valence-electron chi connectivity index (χ2n) is 4.42. The van der Waals surface area contributed by atoms with Crippen molar-refractivity contribution in [1.29, 1.82) is 0 Å². The van der Waals surface area contributed by atoms with Crippen LogP contribution in [0.15, 0.2) is 22.7 Å². The number of hydrogen-bond acceptors (Lipinski definition) is 1. The highest BCUT2D eigenvalue weighted by Crippen LogP contribution is 2.20. The average molecular weight is 302 g/mol. The van der Waals surface area contributed by atoms with Crippen LogP contribution in [0.5, 0.6) is 0 Å². The van der Waals surface area contributed by atoms with Crippen molar-refractivity contribution < 1.29 is 4.39 Å². The highest BCUT2D eigenvalue weighted by molar-refractivity contribution is 9.10. The maximum absolute atomic E-state index is 13.6. The van der Waals surface area contributed by atoms with Crippen LogP contribution in [-0.2, 0) is 0 Å². The van der Waals surface area contributed by atoms with Crippen LogP contribution in [0, 0.1) is 11.7 Å². The average Bonchev–Trinajstić information content (AvgIpc) is 2.31. The van der Waals surface area contributed by atoms with Crippen LogP contribution in [0.25, 0.3) is 0 Å². The van der Waals surface area contributed by atoms with E-state index in [0.29, 0.717) is 11.6 Å². The van der Waals surface area contributed by atoms with Gasteiger partial charge in [0, 0.05) is 11.0 Å². The SMILES string of the molecule is CCCCC(CC)CNc1ccc(Br)cc1F. The van der Waals surface area contributed by atoms with Gasteiger partial charge >= 0.3 is 0 Å². The predicted octanol–water partition coefficient (Wildman–Crippen LogP) is 5.22. The summed E-state index contributed by atoms with van der Waals surface area (Å²) >= 11 is 3.26. The number of hydrogen-bond donors (Lipinski definition) is 1. The highest BCUT2D eigenvalue weighted by Gasteiger charge is 2.07. The van der Waals surface area contributed by atoms with E-state index in [-0.39, 0.29) is 5.82 Å². The minimum absolute atomic E-state index is 0.190. The summed E-state index contributed by atoms with van der Waals surface area (Å²) in [6.07, 6.45) is 4.84. The first-order valence-electron chi connectivity index (χ1n) is 6.36. The van der Waals surface area contributed by atoms with Gasteiger partial charge in [0.05, 0.1) is 5.69 Å². The predicted molar refractivity (Wildman–Crippen MR) is 75.9 cm³/mol. The summed E-state index contributed by atoms with van der Waals surface area (Å²) < 4.78 is 14.3. The molecule has 0 aliphatic heterocycles. The Labute approximate surface area is 112 Å². The summed E-state index contributed by atoms with van der Waals surface area (Å²) in [5.74, 6) is 0.447. The van der Waals surface area contributed by atoms with Crippen LogP contribution in [0.1, 0.15) is 39.5 Å². The lowest BCUT2D eigenvalue weighted by Crippen LogP contribution is -2.14. The first-order chi connectivity index (χ1) is 8.17. The van der Waals surface area contributed by atoms with Gasteiger partial charge in [0.1, 0.15) is 5.82 Å². The molecule has 0 amide bonds. The fourth-order valence-electron chi connectivity index (χ4n) is 1.83. The lowest BCUT2D eigenvalue weighted by Gasteiger charge is -2.16. The first kappa shape index (κ1) is 14.5. The van der Waals surface area contributed by atoms with Crippen LogP contribution in [0.3, 0.4) is 0 Å². The van der Waals surface area contributed by atoms with Gasteiger partial charge in [0.2, 0.25) is 0 Å². The summed E-state index contributed by atoms with van der Waals surface area (Å²) in [6.45, 7) is 5.25. The van der Waals surface area contributed by atoms with Gasteiger partial charge in [-0.3, -0.25) is 0 Å². The first-order valence-corrected chi connectivity index (χ1v) is 7.15. The summed E-state index contributed by atoms with van der Waals surface area (Å²) in [4.78, 5) is 0. The summed E-state index contributed by atoms with van der Waals surface area (Å²) in [5, 5.41) is 3.20. The maximum Gasteiger partial charge on any atom is 0.147 e. The highest BCUT2D eigenvalue weighted by atomic mass is 79.9. The lowest BCUT2D eigenvalue weighted by molar-refractivity contribution is 0.471. The molecule has 0 saturated carbocycles. The summed E-state index contributed by atoms with van der Waals surface area (Å²) in [6, 6.07) is 5.14. The zero-order valence-corrected chi connectivity index (χ0v) is 12.2. The van der Waals surface area contributed by atoms with E-state index in [2.05, 4.69) is 35.1 Å². The molecule has 0 bridgehead atoms. The van der Waals surface area contributed by atoms with Crippen molar-refractivity contribution in [2.24, 2.45) is 5.92 Å². The molecule has 96 valence electrons. The zero-order valence-electron chi connectivity index (χ0n) is 10.6. The molecule has 3 heteroatoms. The molecule has 17 heavy (non-hydrogen) atoms. The van der Waals surface area contributed by atoms with Crippen molar-refractivity contribution in [2.75, 3.05) is 11.9 Å². The Bertz CT molecular complexity index is 341. The van der Waals surface area contributed by atoms with Crippen molar-refractivity contribution >= 4 is 21.6 Å². The number of nitrogens with one attached hydrogen (secondary N) is 1. The Morgan fingerprint density at radius 2 is 2.12 bits per heavy atom. The topological polar surface area (TPSA) is 12.0 Å². The molecule has 0 heterocycles. The molecule has 0 radical (unpaired) electrons. The van der Waals surface area contributed by atoms with Crippen molar-refractivity contribution in [3.8, 4) is 0 Å². The van der Waals surface area contributed by atoms with Crippen molar-refractivity contribution in [3.63, 3.8) is 0 Å². The number of unbranched alkanes of at least 4 members (excludes halogenated alkanes) is 1. The molecule has 1 nitrogen and oxygen atoms in total. The van der Waals surface area contributed by atoms with Gasteiger partial charge in [-0.05, 0) is 30.5 Å². The standard InChI is InChI=1S/C14H21BrFN/c1-3-5-6-11(4-2)10-17-14-8-7-12(15)9-13(14)16/h7-9,11,17H,3-6,10H2,1-2H3. The molecule has 0 spiro atoms. The second-order valence-corrected chi connectivity index (χ2v) is 5.34. The van der Waals surface area contributed by atoms with Crippen molar-refractivity contribution in [2.45, 2.75) is 39.5 Å². The van der Waals surface area contributed by atoms with E-state index < -0.39 is 0 Å². The fourth-order valence-corrected chi connectivity index (χ4v) is 2.16. The summed E-state index contributed by atoms with van der Waals surface area (Å²) in [7, 11) is 0. The Morgan fingerprint density at radius 1 is 1.35 bits per heavy atom. The van der Waals surface area contributed by atoms with E-state index in [4.69, 9.17) is 0 Å². The molecule has 0 aliphatic carbocycles. The van der Waals surface area contributed by atoms with Gasteiger partial charge in [0.15, 0.2) is 0 Å². The van der Waals surface area contributed by atoms with E-state index in [1.807, 2.05) is 6.07 Å². The molecule has 1 unspecified atom stereocenters. The van der Waals surface area contributed by atoms with Crippen molar-refractivity contribution in [1.82, 2.24) is 0 Å². The third kappa shape index (κ3) is 5.07. The molecule has 1 aromatic carbocycles. The third-order valence-corrected chi connectivity index (χ3v) is 3.55. The summed E-state index contributed by atoms with van der Waals surface area (Å²) in [5.41, 5.74) is 0.600. The molecule has 1 atom stereocenters. The van der Waals surface area contributed by atoms with Crippen LogP contribution in [0.2, 0.25) is 0 Å². The Morgan fingerprint density at radius 3 is 2.71 bits per heavy atom. The van der Waals surface area contributed by atoms with Gasteiger partial charge in [-0.15, -0.1) is 0 Å². The van der Waals surface area contributed by atoms with E-state index in [9.17, 15) is 4.39 Å². The minimum atomic E-state index is -0.190. The van der Waals surface area contributed by atoms with Crippen LogP contribution in [-0.4, -0.2) is 6.54 Å². The molecule has 1 N–H and O–H groups in total. The molecule has 0 aliphatic rings. The number of halogens is 2. The minimum Gasteiger partial charge on any atom is -0.382 e. The molecular formula is C14H21BrFN. The van der Waals surface area contributed by atoms with Crippen LogP contribution < -0.4 is 5.32 Å². The van der Waals surface area contributed by atoms with E-state index in [0.717, 1.165) is 17.4 Å². The molecule has 1 rings (SSSR count). The van der Waals surface area contributed by atoms with E-state index in [1.165, 1.54) is 25.3 Å². The Hall–Kier alpha value is -0.570. The van der Waals surface area contributed by atoms with Gasteiger partial charge in [-0.2, -0.15) is 0 Å². The normalized spacial score (nSPS) is 12.5.